The Kier molecular flexibility index (Phi) is 1.53. The van der Waals surface area contributed by atoms with E-state index in [1.165, 1.54) is 18.5 Å². The molecule has 0 aliphatic rings. The Morgan fingerprint density at radius 2 is 2.44 bits per heavy atom. The molecule has 0 saturated carbocycles. The van der Waals surface area contributed by atoms with Gasteiger partial charge in [0.25, 0.3) is 0 Å². The first-order valence-electron chi connectivity index (χ1n) is 2.32. The highest BCUT2D eigenvalue weighted by Gasteiger charge is 1.92. The number of pyridine rings is 1. The van der Waals surface area contributed by atoms with Gasteiger partial charge in [-0.1, -0.05) is 0 Å². The van der Waals surface area contributed by atoms with E-state index >= 15 is 0 Å². The van der Waals surface area contributed by atoms with E-state index in [1.807, 2.05) is 0 Å². The molecule has 0 saturated heterocycles. The minimum absolute atomic E-state index is 0.183. The van der Waals surface area contributed by atoms with E-state index in [-0.39, 0.29) is 5.56 Å². The van der Waals surface area contributed by atoms with Crippen molar-refractivity contribution in [2.75, 3.05) is 0 Å². The van der Waals surface area contributed by atoms with Crippen molar-refractivity contribution in [3.05, 3.63) is 29.8 Å². The molecule has 1 aromatic rings. The molecular weight excluding hydrogens is 121 g/mol. The largest absolute Gasteiger partial charge is 0.285 e. The molecule has 45 valence electrons. The summed E-state index contributed by atoms with van der Waals surface area (Å²) in [5, 5.41) is 0. The minimum atomic E-state index is -0.657. The summed E-state index contributed by atoms with van der Waals surface area (Å²) in [5.74, 6) is -0.657. The van der Waals surface area contributed by atoms with Crippen LogP contribution in [0.5, 0.6) is 0 Å². The smallest absolute Gasteiger partial charge is 0.233 e. The molecule has 1 radical (unpaired) electrons. The maximum Gasteiger partial charge on any atom is 0.233 e. The van der Waals surface area contributed by atoms with Gasteiger partial charge in [-0.15, -0.1) is 0 Å². The van der Waals surface area contributed by atoms with E-state index in [0.29, 0.717) is 0 Å². The third kappa shape index (κ3) is 1.32. The van der Waals surface area contributed by atoms with Crippen LogP contribution in [0.1, 0.15) is 5.56 Å². The Morgan fingerprint density at radius 3 is 2.89 bits per heavy atom. The molecular formula is C6H3FNO. The number of nitrogens with zero attached hydrogens (tertiary/aromatic N) is 1. The van der Waals surface area contributed by atoms with Crippen molar-refractivity contribution in [2.24, 2.45) is 0 Å². The lowest BCUT2D eigenvalue weighted by Gasteiger charge is -1.85. The van der Waals surface area contributed by atoms with E-state index < -0.39 is 5.95 Å². The van der Waals surface area contributed by atoms with Gasteiger partial charge in [-0.05, 0) is 6.07 Å². The van der Waals surface area contributed by atoms with Crippen molar-refractivity contribution in [1.82, 2.24) is 4.98 Å². The molecule has 0 aliphatic carbocycles. The Labute approximate surface area is 51.3 Å². The van der Waals surface area contributed by atoms with Crippen LogP contribution in [-0.4, -0.2) is 11.3 Å². The van der Waals surface area contributed by atoms with Crippen LogP contribution in [0.4, 0.5) is 4.39 Å². The van der Waals surface area contributed by atoms with E-state index in [4.69, 9.17) is 0 Å². The van der Waals surface area contributed by atoms with Crippen molar-refractivity contribution >= 4 is 6.29 Å². The summed E-state index contributed by atoms with van der Waals surface area (Å²) in [7, 11) is 0. The Hall–Kier alpha value is -1.25. The van der Waals surface area contributed by atoms with Gasteiger partial charge in [0, 0.05) is 17.8 Å². The van der Waals surface area contributed by atoms with Gasteiger partial charge in [-0.3, -0.25) is 4.79 Å². The van der Waals surface area contributed by atoms with Crippen LogP contribution >= 0.6 is 0 Å². The second-order valence-electron chi connectivity index (χ2n) is 1.47. The van der Waals surface area contributed by atoms with Crippen LogP contribution in [0.25, 0.3) is 0 Å². The van der Waals surface area contributed by atoms with Crippen molar-refractivity contribution in [3.8, 4) is 0 Å². The fourth-order valence-electron chi connectivity index (χ4n) is 0.466. The highest BCUT2D eigenvalue weighted by Crippen LogP contribution is 1.94. The number of aromatic nitrogens is 1. The monoisotopic (exact) mass is 124 g/mol. The van der Waals surface area contributed by atoms with E-state index in [9.17, 15) is 9.18 Å². The first-order chi connectivity index (χ1) is 4.33. The third-order valence-electron chi connectivity index (χ3n) is 0.844. The normalized spacial score (nSPS) is 9.00. The molecule has 0 N–H and O–H groups in total. The number of halogens is 1. The van der Waals surface area contributed by atoms with Crippen molar-refractivity contribution in [3.63, 3.8) is 0 Å². The summed E-state index contributed by atoms with van der Waals surface area (Å²) in [4.78, 5) is 13.1. The van der Waals surface area contributed by atoms with Gasteiger partial charge in [0.15, 0.2) is 0 Å². The summed E-state index contributed by atoms with van der Waals surface area (Å²) in [5.41, 5.74) is 0.183. The van der Waals surface area contributed by atoms with Crippen LogP contribution in [0, 0.1) is 5.95 Å². The molecule has 3 heteroatoms. The zero-order chi connectivity index (χ0) is 6.69. The zero-order valence-corrected chi connectivity index (χ0v) is 4.47. The molecule has 1 aromatic heterocycles. The molecule has 9 heavy (non-hydrogen) atoms. The Balaban J connectivity index is 3.07. The van der Waals surface area contributed by atoms with Gasteiger partial charge in [0.1, 0.15) is 0 Å². The number of hydrogen-bond donors (Lipinski definition) is 0. The van der Waals surface area contributed by atoms with E-state index in [2.05, 4.69) is 4.98 Å². The van der Waals surface area contributed by atoms with Gasteiger partial charge in [-0.2, -0.15) is 4.39 Å². The zero-order valence-electron chi connectivity index (χ0n) is 4.47. The fourth-order valence-corrected chi connectivity index (χ4v) is 0.466. The minimum Gasteiger partial charge on any atom is -0.285 e. The molecule has 0 amide bonds. The molecule has 0 bridgehead atoms. The summed E-state index contributed by atoms with van der Waals surface area (Å²) in [6.07, 6.45) is 2.76. The lowest BCUT2D eigenvalue weighted by molar-refractivity contribution is 0.559. The third-order valence-corrected chi connectivity index (χ3v) is 0.844. The van der Waals surface area contributed by atoms with Crippen molar-refractivity contribution < 1.29 is 9.18 Å². The molecule has 1 heterocycles. The first-order valence-corrected chi connectivity index (χ1v) is 2.32. The van der Waals surface area contributed by atoms with E-state index in [0.717, 1.165) is 6.07 Å². The predicted octanol–water partition coefficient (Wildman–Crippen LogP) is 0.678. The molecule has 2 nitrogen and oxygen atoms in total. The summed E-state index contributed by atoms with van der Waals surface area (Å²) < 4.78 is 12.1. The molecule has 0 aromatic carbocycles. The standard InChI is InChI=1S/C6H3FNO/c7-6-3-5(4-9)1-2-8-6/h1-3H. The Bertz CT molecular complexity index is 224. The first kappa shape index (κ1) is 5.88. The second-order valence-corrected chi connectivity index (χ2v) is 1.47. The highest BCUT2D eigenvalue weighted by molar-refractivity contribution is 5.74. The van der Waals surface area contributed by atoms with Crippen LogP contribution in [0.3, 0.4) is 0 Å². The van der Waals surface area contributed by atoms with E-state index in [1.54, 1.807) is 0 Å². The van der Waals surface area contributed by atoms with Gasteiger partial charge >= 0.3 is 0 Å². The molecule has 1 rings (SSSR count). The quantitative estimate of drug-likeness (QED) is 0.515. The van der Waals surface area contributed by atoms with Crippen LogP contribution in [0.15, 0.2) is 18.3 Å². The van der Waals surface area contributed by atoms with Gasteiger partial charge in [0.2, 0.25) is 12.2 Å². The SMILES string of the molecule is O=[C]c1ccnc(F)c1. The molecule has 0 unspecified atom stereocenters. The van der Waals surface area contributed by atoms with Crippen LogP contribution in [0.2, 0.25) is 0 Å². The lowest BCUT2D eigenvalue weighted by Crippen LogP contribution is -1.84. The lowest BCUT2D eigenvalue weighted by atomic mass is 10.3. The Morgan fingerprint density at radius 1 is 1.67 bits per heavy atom. The maximum absolute atomic E-state index is 12.1. The molecule has 0 aliphatic heterocycles. The topological polar surface area (TPSA) is 30.0 Å². The van der Waals surface area contributed by atoms with Crippen molar-refractivity contribution in [1.29, 1.82) is 0 Å². The summed E-state index contributed by atoms with van der Waals surface area (Å²) in [6.45, 7) is 0. The molecule has 0 spiro atoms. The predicted molar refractivity (Wildman–Crippen MR) is 29.0 cm³/mol. The maximum atomic E-state index is 12.1. The second kappa shape index (κ2) is 2.35. The summed E-state index contributed by atoms with van der Waals surface area (Å²) >= 11 is 0. The number of carbonyl (C=O) groups excluding carboxylic acids is 1. The van der Waals surface area contributed by atoms with Crippen molar-refractivity contribution in [2.45, 2.75) is 0 Å². The van der Waals surface area contributed by atoms with Gasteiger partial charge < -0.3 is 0 Å². The molecule has 0 fully saturated rings. The van der Waals surface area contributed by atoms with Crippen LogP contribution in [-0.2, 0) is 4.79 Å². The summed E-state index contributed by atoms with van der Waals surface area (Å²) in [6, 6.07) is 2.41. The number of rotatable bonds is 1. The van der Waals surface area contributed by atoms with Gasteiger partial charge in [0.05, 0.1) is 0 Å². The average molecular weight is 124 g/mol. The highest BCUT2D eigenvalue weighted by atomic mass is 19.1. The average Bonchev–Trinajstić information content (AvgIpc) is 1.88. The number of hydrogen-bond acceptors (Lipinski definition) is 2. The van der Waals surface area contributed by atoms with Crippen LogP contribution < -0.4 is 0 Å². The molecule has 0 atom stereocenters. The fraction of sp³-hybridized carbons (Fsp3) is 0. The van der Waals surface area contributed by atoms with Gasteiger partial charge in [-0.25, -0.2) is 4.98 Å².